The summed E-state index contributed by atoms with van der Waals surface area (Å²) in [5.74, 6) is 0.320. The van der Waals surface area contributed by atoms with Gasteiger partial charge < -0.3 is 19.5 Å². The second kappa shape index (κ2) is 7.58. The largest absolute Gasteiger partial charge is 0.453 e. The van der Waals surface area contributed by atoms with Gasteiger partial charge in [-0.25, -0.2) is 0 Å². The smallest absolute Gasteiger partial charge is 0.289 e. The molecule has 2 heterocycles. The molecule has 1 aromatic rings. The fourth-order valence-electron chi connectivity index (χ4n) is 2.45. The van der Waals surface area contributed by atoms with Crippen molar-refractivity contribution >= 4 is 5.91 Å². The van der Waals surface area contributed by atoms with Crippen molar-refractivity contribution in [3.8, 4) is 0 Å². The average molecular weight is 308 g/mol. The van der Waals surface area contributed by atoms with Crippen molar-refractivity contribution in [2.75, 3.05) is 32.7 Å². The fraction of sp³-hybridized carbons (Fsp3) is 0.562. The number of carbonyl (C=O) groups is 1. The SMILES string of the molecule is CC(C)=CCN1CCN(C(=O)c2ccc(CO)o2)CC(O)C1. The van der Waals surface area contributed by atoms with E-state index >= 15 is 0 Å². The Kier molecular flexibility index (Phi) is 5.76. The molecule has 1 aromatic heterocycles. The Labute approximate surface area is 130 Å². The second-order valence-electron chi connectivity index (χ2n) is 5.87. The van der Waals surface area contributed by atoms with E-state index in [1.165, 1.54) is 5.57 Å². The molecule has 2 N–H and O–H groups in total. The van der Waals surface area contributed by atoms with Gasteiger partial charge in [-0.15, -0.1) is 0 Å². The number of β-amino-alcohol motifs (C(OH)–C–C–N with tert-alkyl or cyclic N) is 1. The molecule has 1 aliphatic rings. The van der Waals surface area contributed by atoms with Crippen LogP contribution < -0.4 is 0 Å². The summed E-state index contributed by atoms with van der Waals surface area (Å²) < 4.78 is 5.28. The molecule has 6 nitrogen and oxygen atoms in total. The van der Waals surface area contributed by atoms with Crippen LogP contribution in [-0.4, -0.2) is 64.7 Å². The van der Waals surface area contributed by atoms with Gasteiger partial charge in [0.2, 0.25) is 0 Å². The molecular weight excluding hydrogens is 284 g/mol. The second-order valence-corrected chi connectivity index (χ2v) is 5.87. The molecule has 0 bridgehead atoms. The average Bonchev–Trinajstić information content (AvgIpc) is 2.88. The highest BCUT2D eigenvalue weighted by molar-refractivity contribution is 5.91. The number of hydrogen-bond acceptors (Lipinski definition) is 5. The predicted molar refractivity (Wildman–Crippen MR) is 82.4 cm³/mol. The zero-order chi connectivity index (χ0) is 16.1. The van der Waals surface area contributed by atoms with Crippen molar-refractivity contribution in [3.05, 3.63) is 35.3 Å². The number of aliphatic hydroxyl groups excluding tert-OH is 2. The molecule has 2 rings (SSSR count). The van der Waals surface area contributed by atoms with E-state index in [9.17, 15) is 9.90 Å². The normalized spacial score (nSPS) is 19.8. The molecule has 122 valence electrons. The Morgan fingerprint density at radius 1 is 1.36 bits per heavy atom. The molecule has 0 spiro atoms. The van der Waals surface area contributed by atoms with E-state index < -0.39 is 6.10 Å². The summed E-state index contributed by atoms with van der Waals surface area (Å²) in [6.07, 6.45) is 1.54. The number of nitrogens with zero attached hydrogens (tertiary/aromatic N) is 2. The molecule has 0 aromatic carbocycles. The quantitative estimate of drug-likeness (QED) is 0.807. The van der Waals surface area contributed by atoms with Crippen molar-refractivity contribution in [2.45, 2.75) is 26.6 Å². The molecule has 1 aliphatic heterocycles. The Balaban J connectivity index is 2.00. The maximum atomic E-state index is 12.4. The number of allylic oxidation sites excluding steroid dienone is 1. The third-order valence-electron chi connectivity index (χ3n) is 3.66. The summed E-state index contributed by atoms with van der Waals surface area (Å²) >= 11 is 0. The number of hydrogen-bond donors (Lipinski definition) is 2. The van der Waals surface area contributed by atoms with Crippen LogP contribution >= 0.6 is 0 Å². The van der Waals surface area contributed by atoms with Crippen LogP contribution in [0, 0.1) is 0 Å². The van der Waals surface area contributed by atoms with Crippen molar-refractivity contribution in [1.82, 2.24) is 9.80 Å². The first kappa shape index (κ1) is 16.7. The Hall–Kier alpha value is -1.63. The highest BCUT2D eigenvalue weighted by atomic mass is 16.4. The fourth-order valence-corrected chi connectivity index (χ4v) is 2.45. The van der Waals surface area contributed by atoms with Crippen LogP contribution in [0.1, 0.15) is 30.2 Å². The summed E-state index contributed by atoms with van der Waals surface area (Å²) in [7, 11) is 0. The number of amides is 1. The number of carbonyl (C=O) groups excluding carboxylic acids is 1. The molecular formula is C16H24N2O4. The van der Waals surface area contributed by atoms with Crippen LogP contribution in [0.2, 0.25) is 0 Å². The van der Waals surface area contributed by atoms with Gasteiger partial charge in [-0.3, -0.25) is 9.69 Å². The first-order valence-electron chi connectivity index (χ1n) is 7.52. The van der Waals surface area contributed by atoms with Crippen molar-refractivity contribution in [1.29, 1.82) is 0 Å². The van der Waals surface area contributed by atoms with Gasteiger partial charge in [-0.2, -0.15) is 0 Å². The zero-order valence-corrected chi connectivity index (χ0v) is 13.2. The third-order valence-corrected chi connectivity index (χ3v) is 3.66. The van der Waals surface area contributed by atoms with Gasteiger partial charge in [0.15, 0.2) is 5.76 Å². The number of furan rings is 1. The minimum absolute atomic E-state index is 0.203. The molecule has 22 heavy (non-hydrogen) atoms. The molecule has 6 heteroatoms. The lowest BCUT2D eigenvalue weighted by Crippen LogP contribution is -2.37. The maximum absolute atomic E-state index is 12.4. The zero-order valence-electron chi connectivity index (χ0n) is 13.2. The van der Waals surface area contributed by atoms with Gasteiger partial charge in [0.25, 0.3) is 5.91 Å². The highest BCUT2D eigenvalue weighted by Gasteiger charge is 2.26. The van der Waals surface area contributed by atoms with Gasteiger partial charge in [0.1, 0.15) is 12.4 Å². The first-order chi connectivity index (χ1) is 10.5. The molecule has 0 saturated carbocycles. The highest BCUT2D eigenvalue weighted by Crippen LogP contribution is 2.13. The summed E-state index contributed by atoms with van der Waals surface area (Å²) in [5.41, 5.74) is 1.23. The minimum Gasteiger partial charge on any atom is -0.453 e. The standard InChI is InChI=1S/C16H24N2O4/c1-12(2)5-6-17-7-8-18(10-13(20)9-17)16(21)15-4-3-14(11-19)22-15/h3-5,13,19-20H,6-11H2,1-2H3. The summed E-state index contributed by atoms with van der Waals surface area (Å²) in [4.78, 5) is 16.1. The monoisotopic (exact) mass is 308 g/mol. The van der Waals surface area contributed by atoms with Crippen molar-refractivity contribution < 1.29 is 19.4 Å². The summed E-state index contributed by atoms with van der Waals surface area (Å²) in [5, 5.41) is 19.1. The van der Waals surface area contributed by atoms with Crippen LogP contribution in [0.25, 0.3) is 0 Å². The number of rotatable bonds is 4. The van der Waals surface area contributed by atoms with E-state index in [0.717, 1.165) is 6.54 Å². The van der Waals surface area contributed by atoms with Crippen LogP contribution in [0.15, 0.2) is 28.2 Å². The molecule has 0 radical (unpaired) electrons. The molecule has 1 saturated heterocycles. The minimum atomic E-state index is -0.579. The summed E-state index contributed by atoms with van der Waals surface area (Å²) in [6, 6.07) is 3.15. The van der Waals surface area contributed by atoms with Gasteiger partial charge in [0.05, 0.1) is 6.10 Å². The Bertz CT molecular complexity index is 534. The maximum Gasteiger partial charge on any atom is 0.289 e. The predicted octanol–water partition coefficient (Wildman–Crippen LogP) is 0.857. The third kappa shape index (κ3) is 4.43. The number of aliphatic hydroxyl groups is 2. The Morgan fingerprint density at radius 2 is 2.14 bits per heavy atom. The van der Waals surface area contributed by atoms with E-state index in [4.69, 9.17) is 9.52 Å². The molecule has 1 atom stereocenters. The molecule has 1 amide bonds. The van der Waals surface area contributed by atoms with Gasteiger partial charge >= 0.3 is 0 Å². The van der Waals surface area contributed by atoms with E-state index in [2.05, 4.69) is 11.0 Å². The van der Waals surface area contributed by atoms with E-state index in [1.54, 1.807) is 17.0 Å². The van der Waals surface area contributed by atoms with Gasteiger partial charge in [-0.05, 0) is 26.0 Å². The van der Waals surface area contributed by atoms with Crippen LogP contribution in [0.5, 0.6) is 0 Å². The summed E-state index contributed by atoms with van der Waals surface area (Å²) in [6.45, 7) is 6.72. The van der Waals surface area contributed by atoms with Crippen LogP contribution in [-0.2, 0) is 6.61 Å². The Morgan fingerprint density at radius 3 is 2.77 bits per heavy atom. The lowest BCUT2D eigenvalue weighted by molar-refractivity contribution is 0.0632. The van der Waals surface area contributed by atoms with Gasteiger partial charge in [0, 0.05) is 32.7 Å². The van der Waals surface area contributed by atoms with E-state index in [0.29, 0.717) is 31.9 Å². The molecule has 1 unspecified atom stereocenters. The van der Waals surface area contributed by atoms with E-state index in [1.807, 2.05) is 13.8 Å². The van der Waals surface area contributed by atoms with Crippen molar-refractivity contribution in [2.24, 2.45) is 0 Å². The van der Waals surface area contributed by atoms with Crippen molar-refractivity contribution in [3.63, 3.8) is 0 Å². The van der Waals surface area contributed by atoms with E-state index in [-0.39, 0.29) is 18.3 Å². The first-order valence-corrected chi connectivity index (χ1v) is 7.52. The molecule has 1 fully saturated rings. The molecule has 0 aliphatic carbocycles. The lowest BCUT2D eigenvalue weighted by Gasteiger charge is -2.20. The van der Waals surface area contributed by atoms with Crippen LogP contribution in [0.4, 0.5) is 0 Å². The van der Waals surface area contributed by atoms with Gasteiger partial charge in [-0.1, -0.05) is 11.6 Å². The van der Waals surface area contributed by atoms with Crippen LogP contribution in [0.3, 0.4) is 0 Å². The lowest BCUT2D eigenvalue weighted by atomic mass is 10.3. The topological polar surface area (TPSA) is 77.2 Å².